The summed E-state index contributed by atoms with van der Waals surface area (Å²) < 4.78 is 4.84. The van der Waals surface area contributed by atoms with Crippen LogP contribution in [-0.4, -0.2) is 28.4 Å². The number of carboxylic acid groups (broad SMARTS) is 1. The zero-order valence-electron chi connectivity index (χ0n) is 8.27. The lowest BCUT2D eigenvalue weighted by atomic mass is 10.2. The molecule has 15 heavy (non-hydrogen) atoms. The first-order valence-electron chi connectivity index (χ1n) is 4.36. The van der Waals surface area contributed by atoms with Crippen LogP contribution in [0.25, 0.3) is 0 Å². The van der Waals surface area contributed by atoms with Crippen molar-refractivity contribution < 1.29 is 19.4 Å². The average molecular weight is 209 g/mol. The number of nitrogens with zero attached hydrogens (tertiary/aromatic N) is 1. The van der Waals surface area contributed by atoms with Gasteiger partial charge in [-0.15, -0.1) is 0 Å². The van der Waals surface area contributed by atoms with E-state index in [1.807, 2.05) is 0 Å². The number of Topliss-reactive ketones (excluding diaryl/α,β-unsaturated/α-hetero) is 1. The van der Waals surface area contributed by atoms with E-state index in [1.54, 1.807) is 18.2 Å². The Hall–Kier alpha value is -1.75. The number of hydrogen-bond donors (Lipinski definition) is 1. The van der Waals surface area contributed by atoms with Gasteiger partial charge in [0.25, 0.3) is 0 Å². The van der Waals surface area contributed by atoms with Crippen LogP contribution in [0.15, 0.2) is 18.2 Å². The maximum Gasteiger partial charge on any atom is 0.329 e. The highest BCUT2D eigenvalue weighted by molar-refractivity contribution is 5.92. The number of ether oxygens (including phenoxy) is 1. The summed E-state index contributed by atoms with van der Waals surface area (Å²) in [4.78, 5) is 25.1. The van der Waals surface area contributed by atoms with Gasteiger partial charge in [0.1, 0.15) is 12.3 Å². The fourth-order valence-electron chi connectivity index (χ4n) is 0.999. The van der Waals surface area contributed by atoms with Crippen LogP contribution in [0.3, 0.4) is 0 Å². The molecule has 1 aromatic rings. The van der Waals surface area contributed by atoms with Crippen LogP contribution in [0, 0.1) is 0 Å². The first-order chi connectivity index (χ1) is 7.09. The highest BCUT2D eigenvalue weighted by Crippen LogP contribution is 2.01. The lowest BCUT2D eigenvalue weighted by Crippen LogP contribution is -2.08. The second kappa shape index (κ2) is 5.21. The molecule has 1 heterocycles. The van der Waals surface area contributed by atoms with E-state index in [1.165, 1.54) is 6.92 Å². The molecule has 1 N–H and O–H groups in total. The average Bonchev–Trinajstić information content (AvgIpc) is 2.17. The van der Waals surface area contributed by atoms with Crippen LogP contribution in [-0.2, 0) is 16.1 Å². The lowest BCUT2D eigenvalue weighted by molar-refractivity contribution is -0.142. The van der Waals surface area contributed by atoms with Crippen molar-refractivity contribution in [3.63, 3.8) is 0 Å². The van der Waals surface area contributed by atoms with Crippen LogP contribution in [0.4, 0.5) is 0 Å². The van der Waals surface area contributed by atoms with E-state index in [0.29, 0.717) is 11.4 Å². The van der Waals surface area contributed by atoms with Crippen LogP contribution in [0.2, 0.25) is 0 Å². The summed E-state index contributed by atoms with van der Waals surface area (Å²) in [5, 5.41) is 8.33. The Morgan fingerprint density at radius 1 is 1.47 bits per heavy atom. The molecule has 0 atom stereocenters. The Bertz CT molecular complexity index is 375. The summed E-state index contributed by atoms with van der Waals surface area (Å²) in [5.74, 6) is -1.16. The number of carbonyl (C=O) groups is 2. The van der Waals surface area contributed by atoms with Gasteiger partial charge < -0.3 is 9.84 Å². The molecular weight excluding hydrogens is 198 g/mol. The molecule has 0 aromatic carbocycles. The molecule has 0 aliphatic heterocycles. The number of carbonyl (C=O) groups excluding carboxylic acids is 1. The molecule has 0 saturated heterocycles. The predicted molar refractivity (Wildman–Crippen MR) is 51.5 cm³/mol. The maximum atomic E-state index is 11.0. The molecule has 0 aliphatic carbocycles. The first kappa shape index (κ1) is 11.3. The van der Waals surface area contributed by atoms with Gasteiger partial charge in [-0.05, 0) is 12.1 Å². The number of aromatic nitrogens is 1. The van der Waals surface area contributed by atoms with Crippen molar-refractivity contribution in [2.75, 3.05) is 6.61 Å². The molecule has 0 amide bonds. The third-order valence-corrected chi connectivity index (χ3v) is 1.64. The number of pyridine rings is 1. The fraction of sp³-hybridized carbons (Fsp3) is 0.300. The van der Waals surface area contributed by atoms with Crippen molar-refractivity contribution in [1.82, 2.24) is 4.98 Å². The molecule has 0 aliphatic rings. The van der Waals surface area contributed by atoms with E-state index in [9.17, 15) is 9.59 Å². The number of carboxylic acids is 1. The van der Waals surface area contributed by atoms with E-state index in [-0.39, 0.29) is 19.0 Å². The quantitative estimate of drug-likeness (QED) is 0.728. The normalized spacial score (nSPS) is 9.93. The second-order valence-electron chi connectivity index (χ2n) is 2.96. The Labute approximate surface area is 86.7 Å². The predicted octanol–water partition coefficient (Wildman–Crippen LogP) is 0.885. The Balaban J connectivity index is 2.58. The largest absolute Gasteiger partial charge is 0.480 e. The number of rotatable bonds is 5. The van der Waals surface area contributed by atoms with Crippen LogP contribution >= 0.6 is 0 Å². The van der Waals surface area contributed by atoms with Gasteiger partial charge in [-0.1, -0.05) is 6.07 Å². The van der Waals surface area contributed by atoms with Crippen molar-refractivity contribution in [3.8, 4) is 0 Å². The van der Waals surface area contributed by atoms with Crippen LogP contribution in [0.1, 0.15) is 23.1 Å². The summed E-state index contributed by atoms with van der Waals surface area (Å²) >= 11 is 0. The van der Waals surface area contributed by atoms with Gasteiger partial charge in [-0.2, -0.15) is 0 Å². The molecule has 0 fully saturated rings. The van der Waals surface area contributed by atoms with E-state index >= 15 is 0 Å². The van der Waals surface area contributed by atoms with Gasteiger partial charge in [0, 0.05) is 6.92 Å². The molecule has 0 radical (unpaired) electrons. The summed E-state index contributed by atoms with van der Waals surface area (Å²) in [5.41, 5.74) is 0.898. The molecule has 0 unspecified atom stereocenters. The second-order valence-corrected chi connectivity index (χ2v) is 2.96. The molecule has 1 aromatic heterocycles. The molecule has 0 spiro atoms. The topological polar surface area (TPSA) is 76.5 Å². The van der Waals surface area contributed by atoms with Crippen molar-refractivity contribution in [3.05, 3.63) is 29.6 Å². The summed E-state index contributed by atoms with van der Waals surface area (Å²) in [6.45, 7) is 1.14. The number of ketones is 1. The van der Waals surface area contributed by atoms with Crippen LogP contribution in [0.5, 0.6) is 0 Å². The molecule has 5 heteroatoms. The third kappa shape index (κ3) is 3.86. The van der Waals surface area contributed by atoms with Crippen molar-refractivity contribution in [2.45, 2.75) is 13.5 Å². The smallest absolute Gasteiger partial charge is 0.329 e. The lowest BCUT2D eigenvalue weighted by Gasteiger charge is -2.02. The SMILES string of the molecule is CC(=O)c1cccc(COCC(=O)O)n1. The fourth-order valence-corrected chi connectivity index (χ4v) is 0.999. The van der Waals surface area contributed by atoms with Crippen molar-refractivity contribution >= 4 is 11.8 Å². The van der Waals surface area contributed by atoms with Gasteiger partial charge >= 0.3 is 5.97 Å². The highest BCUT2D eigenvalue weighted by Gasteiger charge is 2.03. The Morgan fingerprint density at radius 3 is 2.80 bits per heavy atom. The summed E-state index contributed by atoms with van der Waals surface area (Å²) in [6.07, 6.45) is 0. The molecule has 80 valence electrons. The molecule has 0 bridgehead atoms. The molecule has 1 rings (SSSR count). The minimum Gasteiger partial charge on any atom is -0.480 e. The van der Waals surface area contributed by atoms with E-state index in [2.05, 4.69) is 4.98 Å². The van der Waals surface area contributed by atoms with Gasteiger partial charge in [0.15, 0.2) is 5.78 Å². The van der Waals surface area contributed by atoms with E-state index in [4.69, 9.17) is 9.84 Å². The molecule has 0 saturated carbocycles. The summed E-state index contributed by atoms with van der Waals surface area (Å²) in [6, 6.07) is 4.96. The standard InChI is InChI=1S/C10H11NO4/c1-7(12)9-4-2-3-8(11-9)5-15-6-10(13)14/h2-4H,5-6H2,1H3,(H,13,14). The first-order valence-corrected chi connectivity index (χ1v) is 4.36. The minimum atomic E-state index is -1.03. The van der Waals surface area contributed by atoms with Crippen molar-refractivity contribution in [1.29, 1.82) is 0 Å². The minimum absolute atomic E-state index is 0.0907. The Kier molecular flexibility index (Phi) is 3.93. The maximum absolute atomic E-state index is 11.0. The van der Waals surface area contributed by atoms with Crippen molar-refractivity contribution in [2.24, 2.45) is 0 Å². The Morgan fingerprint density at radius 2 is 2.20 bits per heavy atom. The van der Waals surface area contributed by atoms with Crippen LogP contribution < -0.4 is 0 Å². The highest BCUT2D eigenvalue weighted by atomic mass is 16.5. The monoisotopic (exact) mass is 209 g/mol. The third-order valence-electron chi connectivity index (χ3n) is 1.64. The van der Waals surface area contributed by atoms with Gasteiger partial charge in [-0.25, -0.2) is 9.78 Å². The molecule has 5 nitrogen and oxygen atoms in total. The molecular formula is C10H11NO4. The van der Waals surface area contributed by atoms with E-state index in [0.717, 1.165) is 0 Å². The number of hydrogen-bond acceptors (Lipinski definition) is 4. The zero-order chi connectivity index (χ0) is 11.3. The van der Waals surface area contributed by atoms with Gasteiger partial charge in [0.05, 0.1) is 12.3 Å². The van der Waals surface area contributed by atoms with Gasteiger partial charge in [0.2, 0.25) is 0 Å². The number of aliphatic carboxylic acids is 1. The van der Waals surface area contributed by atoms with Gasteiger partial charge in [-0.3, -0.25) is 4.79 Å². The zero-order valence-corrected chi connectivity index (χ0v) is 8.27. The summed E-state index contributed by atoms with van der Waals surface area (Å²) in [7, 11) is 0. The van der Waals surface area contributed by atoms with E-state index < -0.39 is 5.97 Å².